The molecule has 122 valence electrons. The van der Waals surface area contributed by atoms with Crippen LogP contribution in [-0.4, -0.2) is 36.4 Å². The maximum Gasteiger partial charge on any atom is 0.241 e. The summed E-state index contributed by atoms with van der Waals surface area (Å²) in [7, 11) is 3.86. The third-order valence-corrected chi connectivity index (χ3v) is 3.76. The van der Waals surface area contributed by atoms with Gasteiger partial charge in [-0.2, -0.15) is 0 Å². The van der Waals surface area contributed by atoms with Gasteiger partial charge in [0, 0.05) is 18.4 Å². The molecule has 0 unspecified atom stereocenters. The fourth-order valence-corrected chi connectivity index (χ4v) is 2.65. The fourth-order valence-electron chi connectivity index (χ4n) is 2.65. The Morgan fingerprint density at radius 1 is 1.22 bits per heavy atom. The van der Waals surface area contributed by atoms with Crippen LogP contribution in [0.4, 0.5) is 0 Å². The molecule has 4 heteroatoms. The standard InChI is InChI=1S/C19H25N3O/c1-15-8-6-9-16(14-15)18(22(2)3)19(23)21-13-7-11-17-10-4-5-12-20-17/h4-6,8-10,12,14,18H,7,11,13H2,1-3H3,(H,21,23)/t18-/m1/s1. The van der Waals surface area contributed by atoms with Crippen molar-refractivity contribution in [3.05, 3.63) is 65.5 Å². The van der Waals surface area contributed by atoms with E-state index in [0.29, 0.717) is 6.54 Å². The van der Waals surface area contributed by atoms with E-state index >= 15 is 0 Å². The summed E-state index contributed by atoms with van der Waals surface area (Å²) in [4.78, 5) is 18.8. The lowest BCUT2D eigenvalue weighted by molar-refractivity contribution is -0.125. The number of hydrogen-bond donors (Lipinski definition) is 1. The maximum absolute atomic E-state index is 12.5. The van der Waals surface area contributed by atoms with Gasteiger partial charge in [0.15, 0.2) is 0 Å². The maximum atomic E-state index is 12.5. The molecule has 0 radical (unpaired) electrons. The van der Waals surface area contributed by atoms with E-state index in [1.165, 1.54) is 0 Å². The first-order valence-electron chi connectivity index (χ1n) is 7.98. The van der Waals surface area contributed by atoms with Gasteiger partial charge in [-0.25, -0.2) is 0 Å². The first kappa shape index (κ1) is 17.2. The van der Waals surface area contributed by atoms with Crippen molar-refractivity contribution in [2.24, 2.45) is 0 Å². The summed E-state index contributed by atoms with van der Waals surface area (Å²) in [5.41, 5.74) is 3.25. The van der Waals surface area contributed by atoms with E-state index in [2.05, 4.69) is 16.4 Å². The number of amides is 1. The van der Waals surface area contributed by atoms with Gasteiger partial charge < -0.3 is 5.32 Å². The van der Waals surface area contributed by atoms with E-state index in [-0.39, 0.29) is 11.9 Å². The van der Waals surface area contributed by atoms with E-state index < -0.39 is 0 Å². The van der Waals surface area contributed by atoms with Crippen LogP contribution >= 0.6 is 0 Å². The number of carbonyl (C=O) groups is 1. The highest BCUT2D eigenvalue weighted by Gasteiger charge is 2.22. The molecule has 1 atom stereocenters. The first-order chi connectivity index (χ1) is 11.1. The number of hydrogen-bond acceptors (Lipinski definition) is 3. The van der Waals surface area contributed by atoms with Crippen LogP contribution in [-0.2, 0) is 11.2 Å². The van der Waals surface area contributed by atoms with Crippen molar-refractivity contribution in [2.75, 3.05) is 20.6 Å². The van der Waals surface area contributed by atoms with E-state index in [4.69, 9.17) is 0 Å². The van der Waals surface area contributed by atoms with Crippen LogP contribution in [0.25, 0.3) is 0 Å². The average molecular weight is 311 g/mol. The number of carbonyl (C=O) groups excluding carboxylic acids is 1. The van der Waals surface area contributed by atoms with E-state index in [1.807, 2.05) is 62.3 Å². The molecular weight excluding hydrogens is 286 g/mol. The molecular formula is C19H25N3O. The van der Waals surface area contributed by atoms with E-state index in [0.717, 1.165) is 29.7 Å². The Kier molecular flexibility index (Phi) is 6.29. The summed E-state index contributed by atoms with van der Waals surface area (Å²) < 4.78 is 0. The predicted molar refractivity (Wildman–Crippen MR) is 93.2 cm³/mol. The number of likely N-dealkylation sites (N-methyl/N-ethyl adjacent to an activating group) is 1. The summed E-state index contributed by atoms with van der Waals surface area (Å²) in [6, 6.07) is 13.8. The molecule has 1 aromatic carbocycles. The Balaban J connectivity index is 1.89. The number of nitrogens with zero attached hydrogens (tertiary/aromatic N) is 2. The predicted octanol–water partition coefficient (Wildman–Crippen LogP) is 2.74. The lowest BCUT2D eigenvalue weighted by atomic mass is 10.0. The highest BCUT2D eigenvalue weighted by Crippen LogP contribution is 2.19. The summed E-state index contributed by atoms with van der Waals surface area (Å²) in [5.74, 6) is 0.0432. The van der Waals surface area contributed by atoms with Gasteiger partial charge in [-0.1, -0.05) is 35.9 Å². The smallest absolute Gasteiger partial charge is 0.241 e. The minimum absolute atomic E-state index is 0.0432. The number of nitrogens with one attached hydrogen (secondary N) is 1. The van der Waals surface area contributed by atoms with Gasteiger partial charge in [0.25, 0.3) is 0 Å². The molecule has 1 N–H and O–H groups in total. The van der Waals surface area contributed by atoms with Crippen molar-refractivity contribution in [2.45, 2.75) is 25.8 Å². The lowest BCUT2D eigenvalue weighted by Crippen LogP contribution is -2.37. The van der Waals surface area contributed by atoms with Crippen molar-refractivity contribution in [1.29, 1.82) is 0 Å². The van der Waals surface area contributed by atoms with Gasteiger partial charge in [-0.05, 0) is 51.6 Å². The molecule has 2 rings (SSSR count). The highest BCUT2D eigenvalue weighted by molar-refractivity contribution is 5.83. The quantitative estimate of drug-likeness (QED) is 0.800. The Morgan fingerprint density at radius 3 is 2.70 bits per heavy atom. The first-order valence-corrected chi connectivity index (χ1v) is 7.98. The van der Waals surface area contributed by atoms with E-state index in [1.54, 1.807) is 6.20 Å². The van der Waals surface area contributed by atoms with Gasteiger partial charge in [-0.15, -0.1) is 0 Å². The van der Waals surface area contributed by atoms with Gasteiger partial charge in [0.2, 0.25) is 5.91 Å². The molecule has 0 fully saturated rings. The lowest BCUT2D eigenvalue weighted by Gasteiger charge is -2.24. The number of aromatic nitrogens is 1. The SMILES string of the molecule is Cc1cccc([C@H](C(=O)NCCCc2ccccn2)N(C)C)c1. The number of rotatable bonds is 7. The average Bonchev–Trinajstić information content (AvgIpc) is 2.52. The summed E-state index contributed by atoms with van der Waals surface area (Å²) in [6.45, 7) is 2.70. The second-order valence-electron chi connectivity index (χ2n) is 6.00. The van der Waals surface area contributed by atoms with Crippen molar-refractivity contribution in [3.8, 4) is 0 Å². The number of pyridine rings is 1. The highest BCUT2D eigenvalue weighted by atomic mass is 16.2. The monoisotopic (exact) mass is 311 g/mol. The Hall–Kier alpha value is -2.20. The largest absolute Gasteiger partial charge is 0.354 e. The molecule has 0 aliphatic rings. The normalized spacial score (nSPS) is 12.2. The summed E-state index contributed by atoms with van der Waals surface area (Å²) in [5, 5.41) is 3.04. The van der Waals surface area contributed by atoms with Crippen molar-refractivity contribution >= 4 is 5.91 Å². The molecule has 0 saturated carbocycles. The molecule has 0 saturated heterocycles. The second-order valence-corrected chi connectivity index (χ2v) is 6.00. The van der Waals surface area contributed by atoms with Crippen molar-refractivity contribution in [3.63, 3.8) is 0 Å². The zero-order chi connectivity index (χ0) is 16.7. The fraction of sp³-hybridized carbons (Fsp3) is 0.368. The second kappa shape index (κ2) is 8.44. The van der Waals surface area contributed by atoms with Crippen LogP contribution in [0.15, 0.2) is 48.7 Å². The van der Waals surface area contributed by atoms with Gasteiger partial charge in [0.1, 0.15) is 6.04 Å². The van der Waals surface area contributed by atoms with Crippen LogP contribution in [0.5, 0.6) is 0 Å². The molecule has 1 aromatic heterocycles. The molecule has 23 heavy (non-hydrogen) atoms. The molecule has 0 spiro atoms. The molecule has 0 bridgehead atoms. The minimum Gasteiger partial charge on any atom is -0.354 e. The topological polar surface area (TPSA) is 45.2 Å². The van der Waals surface area contributed by atoms with Crippen LogP contribution < -0.4 is 5.32 Å². The Labute approximate surface area is 138 Å². The van der Waals surface area contributed by atoms with Crippen LogP contribution in [0.3, 0.4) is 0 Å². The molecule has 4 nitrogen and oxygen atoms in total. The zero-order valence-corrected chi connectivity index (χ0v) is 14.1. The molecule has 1 heterocycles. The van der Waals surface area contributed by atoms with Crippen LogP contribution in [0.2, 0.25) is 0 Å². The molecule has 2 aromatic rings. The summed E-state index contributed by atoms with van der Waals surface area (Å²) in [6.07, 6.45) is 3.56. The molecule has 1 amide bonds. The number of aryl methyl sites for hydroxylation is 2. The third kappa shape index (κ3) is 5.18. The van der Waals surface area contributed by atoms with Crippen molar-refractivity contribution < 1.29 is 4.79 Å². The van der Waals surface area contributed by atoms with Crippen LogP contribution in [0.1, 0.15) is 29.3 Å². The minimum atomic E-state index is -0.259. The summed E-state index contributed by atoms with van der Waals surface area (Å²) >= 11 is 0. The van der Waals surface area contributed by atoms with Gasteiger partial charge >= 0.3 is 0 Å². The van der Waals surface area contributed by atoms with Crippen LogP contribution in [0, 0.1) is 6.92 Å². The molecule has 0 aliphatic heterocycles. The Morgan fingerprint density at radius 2 is 2.04 bits per heavy atom. The van der Waals surface area contributed by atoms with Gasteiger partial charge in [-0.3, -0.25) is 14.7 Å². The Bertz CT molecular complexity index is 626. The van der Waals surface area contributed by atoms with Gasteiger partial charge in [0.05, 0.1) is 0 Å². The zero-order valence-electron chi connectivity index (χ0n) is 14.1. The van der Waals surface area contributed by atoms with E-state index in [9.17, 15) is 4.79 Å². The number of benzene rings is 1. The van der Waals surface area contributed by atoms with Crippen molar-refractivity contribution in [1.82, 2.24) is 15.2 Å². The molecule has 0 aliphatic carbocycles. The third-order valence-electron chi connectivity index (χ3n) is 3.76.